The van der Waals surface area contributed by atoms with Gasteiger partial charge in [0.2, 0.25) is 17.7 Å². The zero-order valence-corrected chi connectivity index (χ0v) is 39.5. The average Bonchev–Trinajstić information content (AvgIpc) is 3.29. The van der Waals surface area contributed by atoms with Gasteiger partial charge in [-0.15, -0.1) is 0 Å². The minimum atomic E-state index is -1.36. The second kappa shape index (κ2) is 22.5. The third-order valence-corrected chi connectivity index (χ3v) is 11.2. The minimum absolute atomic E-state index is 0.0640. The van der Waals surface area contributed by atoms with Crippen molar-refractivity contribution in [3.05, 3.63) is 107 Å². The lowest BCUT2D eigenvalue weighted by Gasteiger charge is -2.33. The molecule has 0 saturated carbocycles. The highest BCUT2D eigenvalue weighted by Gasteiger charge is 2.36. The highest BCUT2D eigenvalue weighted by atomic mass is 35.5. The van der Waals surface area contributed by atoms with Crippen LogP contribution in [0.1, 0.15) is 74.5 Å². The van der Waals surface area contributed by atoms with E-state index in [1.807, 2.05) is 18.2 Å². The van der Waals surface area contributed by atoms with Crippen molar-refractivity contribution in [2.45, 2.75) is 83.1 Å². The van der Waals surface area contributed by atoms with Crippen molar-refractivity contribution in [1.29, 1.82) is 0 Å². The number of methoxy groups -OCH3 is 2. The first kappa shape index (κ1) is 50.4. The number of halogens is 1. The molecule has 4 N–H and O–H groups in total. The third-order valence-electron chi connectivity index (χ3n) is 11.0. The van der Waals surface area contributed by atoms with E-state index in [2.05, 4.69) is 21.3 Å². The van der Waals surface area contributed by atoms with E-state index < -0.39 is 65.4 Å². The van der Waals surface area contributed by atoms with Crippen molar-refractivity contribution in [2.75, 3.05) is 42.0 Å². The van der Waals surface area contributed by atoms with E-state index in [1.54, 1.807) is 87.5 Å². The Labute approximate surface area is 390 Å². The number of hydrogen-bond acceptors (Lipinski definition) is 10. The van der Waals surface area contributed by atoms with E-state index >= 15 is 0 Å². The number of amides is 6. The van der Waals surface area contributed by atoms with Crippen molar-refractivity contribution in [3.63, 3.8) is 0 Å². The summed E-state index contributed by atoms with van der Waals surface area (Å²) in [5.41, 5.74) is 3.44. The minimum Gasteiger partial charge on any atom is -0.496 e. The van der Waals surface area contributed by atoms with Gasteiger partial charge in [-0.05, 0) is 118 Å². The number of ether oxygens (including phenoxy) is 3. The monoisotopic (exact) mass is 926 g/mol. The van der Waals surface area contributed by atoms with Crippen molar-refractivity contribution >= 4 is 47.2 Å². The van der Waals surface area contributed by atoms with E-state index in [1.165, 1.54) is 47.2 Å². The van der Waals surface area contributed by atoms with E-state index in [0.29, 0.717) is 57.2 Å². The van der Waals surface area contributed by atoms with Crippen LogP contribution < -0.4 is 30.7 Å². The van der Waals surface area contributed by atoms with Gasteiger partial charge in [0.1, 0.15) is 41.3 Å². The molecular formula is C49H59ClN6O10. The fourth-order valence-electron chi connectivity index (χ4n) is 7.46. The first-order chi connectivity index (χ1) is 31.3. The Balaban J connectivity index is 1.52. The van der Waals surface area contributed by atoms with Crippen LogP contribution in [0.5, 0.6) is 11.5 Å². The van der Waals surface area contributed by atoms with Gasteiger partial charge in [-0.3, -0.25) is 28.8 Å². The number of unbranched alkanes of at least 4 members (excludes halogenated alkanes) is 1. The molecule has 4 aromatic rings. The van der Waals surface area contributed by atoms with Gasteiger partial charge in [-0.1, -0.05) is 48.0 Å². The maximum absolute atomic E-state index is 14.9. The van der Waals surface area contributed by atoms with Crippen LogP contribution in [0.25, 0.3) is 22.3 Å². The highest BCUT2D eigenvalue weighted by molar-refractivity contribution is 6.30. The molecule has 0 aromatic heterocycles. The van der Waals surface area contributed by atoms with Crippen LogP contribution in [0, 0.1) is 0 Å². The molecular weight excluding hydrogens is 868 g/mol. The van der Waals surface area contributed by atoms with Gasteiger partial charge in [0, 0.05) is 48.8 Å². The molecule has 0 aliphatic carbocycles. The molecule has 4 atom stereocenters. The van der Waals surface area contributed by atoms with Crippen LogP contribution >= 0.6 is 11.6 Å². The molecule has 1 aliphatic heterocycles. The van der Waals surface area contributed by atoms with Crippen LogP contribution in [0.4, 0.5) is 4.79 Å². The van der Waals surface area contributed by atoms with Crippen molar-refractivity contribution in [1.82, 2.24) is 31.2 Å². The van der Waals surface area contributed by atoms with Crippen LogP contribution in [0.3, 0.4) is 0 Å². The summed E-state index contributed by atoms with van der Waals surface area (Å²) in [7, 11) is 7.21. The number of hydroxylamine groups is 2. The topological polar surface area (TPSA) is 194 Å². The highest BCUT2D eigenvalue weighted by Crippen LogP contribution is 2.40. The second-order valence-electron chi connectivity index (χ2n) is 16.9. The molecule has 0 radical (unpaired) electrons. The molecule has 4 bridgehead atoms. The molecule has 0 unspecified atom stereocenters. The SMILES string of the molecule is COc1ccc2cc1-c1cc(ccc1OC)[C@H](N(C)C(=O)[C@H](CCCCNC(=O)OC(C)(C)C)NC(=O)c1ccc(-c3ccc(Cl)cc3)cc1)C(=O)N[C@@H](C)C(=O)N[C@H](C(=O)N(C)OC)C2. The molecule has 66 heavy (non-hydrogen) atoms. The molecule has 6 amide bonds. The molecule has 0 fully saturated rings. The molecule has 0 saturated heterocycles. The molecule has 1 heterocycles. The first-order valence-electron chi connectivity index (χ1n) is 21.5. The lowest BCUT2D eigenvalue weighted by atomic mass is 9.93. The number of carbonyl (C=O) groups is 6. The number of alkyl carbamates (subject to hydrolysis) is 1. The van der Waals surface area contributed by atoms with Gasteiger partial charge in [0.05, 0.1) is 21.3 Å². The third kappa shape index (κ3) is 13.0. The Kier molecular flexibility index (Phi) is 17.2. The normalized spacial score (nSPS) is 16.6. The van der Waals surface area contributed by atoms with Gasteiger partial charge in [-0.25, -0.2) is 9.86 Å². The van der Waals surface area contributed by atoms with E-state index in [0.717, 1.165) is 16.2 Å². The summed E-state index contributed by atoms with van der Waals surface area (Å²) in [6.07, 6.45) is 0.422. The standard InChI is InChI=1S/C49H59ClN6O10/c1-29-43(57)54-39(47(61)56(6)65-9)27-30-13-23-40(63-7)36(26-30)37-28-34(20-24-41(37)64-8)42(45(59)52-29)55(5)46(60)38(12-10-11-25-51-48(62)66-49(2,3)4)53-44(58)33-16-14-31(15-17-33)32-18-21-35(50)22-19-32/h13-24,26,28-29,38-39,42H,10-12,25,27H2,1-9H3,(H,51,62)(H,52,59)(H,53,58)(H,54,57)/t29-,38-,39-,42-/m0/s1. The zero-order valence-electron chi connectivity index (χ0n) is 38.8. The van der Waals surface area contributed by atoms with Crippen LogP contribution in [0.2, 0.25) is 5.02 Å². The number of benzene rings is 4. The molecule has 4 aromatic carbocycles. The molecule has 0 spiro atoms. The van der Waals surface area contributed by atoms with Crippen molar-refractivity contribution in [3.8, 4) is 33.8 Å². The number of carbonyl (C=O) groups excluding carboxylic acids is 6. The van der Waals surface area contributed by atoms with Crippen LogP contribution in [-0.4, -0.2) is 111 Å². The smallest absolute Gasteiger partial charge is 0.407 e. The summed E-state index contributed by atoms with van der Waals surface area (Å²) >= 11 is 6.08. The molecule has 17 heteroatoms. The van der Waals surface area contributed by atoms with E-state index in [9.17, 15) is 28.8 Å². The Bertz CT molecular complexity index is 2390. The number of hydrogen-bond donors (Lipinski definition) is 4. The van der Waals surface area contributed by atoms with E-state index in [-0.39, 0.29) is 19.4 Å². The summed E-state index contributed by atoms with van der Waals surface area (Å²) in [6, 6.07) is 19.7. The van der Waals surface area contributed by atoms with Gasteiger partial charge in [-0.2, -0.15) is 0 Å². The number of fused-ring (bicyclic) bond motifs is 5. The number of likely N-dealkylation sites (N-methyl/N-ethyl adjacent to an activating group) is 2. The first-order valence-corrected chi connectivity index (χ1v) is 21.9. The number of rotatable bonds is 14. The molecule has 16 nitrogen and oxygen atoms in total. The summed E-state index contributed by atoms with van der Waals surface area (Å²) in [5.74, 6) is -2.18. The fourth-order valence-corrected chi connectivity index (χ4v) is 7.58. The van der Waals surface area contributed by atoms with Gasteiger partial charge >= 0.3 is 6.09 Å². The lowest BCUT2D eigenvalue weighted by molar-refractivity contribution is -0.171. The summed E-state index contributed by atoms with van der Waals surface area (Å²) < 4.78 is 16.9. The van der Waals surface area contributed by atoms with Crippen molar-refractivity contribution in [2.24, 2.45) is 0 Å². The van der Waals surface area contributed by atoms with Gasteiger partial charge < -0.3 is 40.4 Å². The predicted molar refractivity (Wildman–Crippen MR) is 250 cm³/mol. The predicted octanol–water partition coefficient (Wildman–Crippen LogP) is 6.25. The maximum Gasteiger partial charge on any atom is 0.407 e. The molecule has 5 rings (SSSR count). The summed E-state index contributed by atoms with van der Waals surface area (Å²) in [5, 5.41) is 12.7. The Morgan fingerprint density at radius 1 is 0.803 bits per heavy atom. The van der Waals surface area contributed by atoms with Crippen molar-refractivity contribution < 1.29 is 47.8 Å². The maximum atomic E-state index is 14.9. The fraction of sp³-hybridized carbons (Fsp3) is 0.388. The second-order valence-corrected chi connectivity index (χ2v) is 17.3. The molecule has 1 aliphatic rings. The summed E-state index contributed by atoms with van der Waals surface area (Å²) in [6.45, 7) is 6.99. The van der Waals surface area contributed by atoms with E-state index in [4.69, 9.17) is 30.6 Å². The lowest BCUT2D eigenvalue weighted by Crippen LogP contribution is -2.56. The number of nitrogens with one attached hydrogen (secondary N) is 4. The zero-order chi connectivity index (χ0) is 48.3. The Morgan fingerprint density at radius 2 is 1.41 bits per heavy atom. The van der Waals surface area contributed by atoms with Gasteiger partial charge in [0.25, 0.3) is 11.8 Å². The van der Waals surface area contributed by atoms with Crippen LogP contribution in [-0.2, 0) is 35.2 Å². The largest absolute Gasteiger partial charge is 0.496 e. The number of nitrogens with zero attached hydrogens (tertiary/aromatic N) is 2. The average molecular weight is 927 g/mol. The van der Waals surface area contributed by atoms with Gasteiger partial charge in [0.15, 0.2) is 0 Å². The molecule has 352 valence electrons. The Morgan fingerprint density at radius 3 is 2.02 bits per heavy atom. The Hall–Kier alpha value is -6.65. The van der Waals surface area contributed by atoms with Crippen LogP contribution in [0.15, 0.2) is 84.9 Å². The quantitative estimate of drug-likeness (QED) is 0.0830. The summed E-state index contributed by atoms with van der Waals surface area (Å²) in [4.78, 5) is 89.5.